The molecule has 3 aromatic heterocycles. The van der Waals surface area contributed by atoms with Crippen molar-refractivity contribution in [3.63, 3.8) is 0 Å². The van der Waals surface area contributed by atoms with Crippen LogP contribution in [-0.2, 0) is 0 Å². The van der Waals surface area contributed by atoms with Crippen LogP contribution in [0.3, 0.4) is 0 Å². The number of hydrogen-bond acceptors (Lipinski definition) is 5. The molecular formula is C14H9BrN4OS. The molecule has 4 rings (SSSR count). The lowest BCUT2D eigenvalue weighted by Gasteiger charge is -1.98. The molecule has 21 heavy (non-hydrogen) atoms. The summed E-state index contributed by atoms with van der Waals surface area (Å²) in [5.41, 5.74) is 2.18. The fourth-order valence-electron chi connectivity index (χ4n) is 2.11. The Morgan fingerprint density at radius 3 is 2.86 bits per heavy atom. The van der Waals surface area contributed by atoms with Crippen molar-refractivity contribution in [2.75, 3.05) is 0 Å². The topological polar surface area (TPSA) is 56.2 Å². The van der Waals surface area contributed by atoms with Crippen molar-refractivity contribution in [3.05, 3.63) is 46.6 Å². The minimum atomic E-state index is 0.683. The van der Waals surface area contributed by atoms with E-state index in [-0.39, 0.29) is 0 Å². The highest BCUT2D eigenvalue weighted by molar-refractivity contribution is 9.10. The summed E-state index contributed by atoms with van der Waals surface area (Å²) >= 11 is 4.75. The minimum absolute atomic E-state index is 0.683. The van der Waals surface area contributed by atoms with Crippen molar-refractivity contribution in [2.24, 2.45) is 0 Å². The molecule has 0 amide bonds. The predicted molar refractivity (Wildman–Crippen MR) is 84.2 cm³/mol. The highest BCUT2D eigenvalue weighted by Gasteiger charge is 2.16. The second kappa shape index (κ2) is 4.78. The maximum absolute atomic E-state index is 5.54. The Morgan fingerprint density at radius 1 is 1.19 bits per heavy atom. The molecule has 0 saturated heterocycles. The van der Waals surface area contributed by atoms with Gasteiger partial charge in [0.15, 0.2) is 21.3 Å². The molecule has 5 nitrogen and oxygen atoms in total. The lowest BCUT2D eigenvalue weighted by molar-refractivity contribution is 0.554. The molecule has 0 aliphatic heterocycles. The largest absolute Gasteiger partial charge is 0.447 e. The van der Waals surface area contributed by atoms with E-state index in [2.05, 4.69) is 50.3 Å². The summed E-state index contributed by atoms with van der Waals surface area (Å²) in [6, 6.07) is 11.9. The van der Waals surface area contributed by atoms with Gasteiger partial charge in [0.05, 0.1) is 0 Å². The van der Waals surface area contributed by atoms with Gasteiger partial charge in [-0.3, -0.25) is 0 Å². The maximum Gasteiger partial charge on any atom is 0.235 e. The van der Waals surface area contributed by atoms with Crippen molar-refractivity contribution in [1.29, 1.82) is 0 Å². The van der Waals surface area contributed by atoms with Crippen LogP contribution in [0, 0.1) is 6.92 Å². The third kappa shape index (κ3) is 2.18. The van der Waals surface area contributed by atoms with Crippen molar-refractivity contribution in [3.8, 4) is 22.2 Å². The fraction of sp³-hybridized carbons (Fsp3) is 0.0714. The first-order valence-corrected chi connectivity index (χ1v) is 7.87. The lowest BCUT2D eigenvalue weighted by Crippen LogP contribution is -1.91. The molecular weight excluding hydrogens is 352 g/mol. The van der Waals surface area contributed by atoms with Gasteiger partial charge in [0, 0.05) is 5.56 Å². The molecule has 0 radical (unpaired) electrons. The molecule has 0 atom stereocenters. The van der Waals surface area contributed by atoms with Crippen LogP contribution in [0.15, 0.2) is 45.5 Å². The number of benzene rings is 1. The Kier molecular flexibility index (Phi) is 2.90. The Hall–Kier alpha value is -1.99. The van der Waals surface area contributed by atoms with E-state index in [0.717, 1.165) is 21.4 Å². The number of rotatable bonds is 2. The summed E-state index contributed by atoms with van der Waals surface area (Å²) in [5.74, 6) is 1.45. The normalized spacial score (nSPS) is 11.3. The summed E-state index contributed by atoms with van der Waals surface area (Å²) in [7, 11) is 0. The first kappa shape index (κ1) is 12.7. The Labute approximate surface area is 132 Å². The first-order valence-electron chi connectivity index (χ1n) is 6.26. The highest BCUT2D eigenvalue weighted by atomic mass is 79.9. The molecule has 104 valence electrons. The molecule has 0 spiro atoms. The number of aryl methyl sites for hydroxylation is 1. The van der Waals surface area contributed by atoms with Gasteiger partial charge in [0.2, 0.25) is 4.96 Å². The second-order valence-corrected chi connectivity index (χ2v) is 6.34. The molecule has 0 N–H and O–H groups in total. The van der Waals surface area contributed by atoms with Crippen LogP contribution in [0.25, 0.3) is 27.1 Å². The molecule has 0 unspecified atom stereocenters. The monoisotopic (exact) mass is 360 g/mol. The predicted octanol–water partition coefficient (Wildman–Crippen LogP) is 4.18. The zero-order valence-electron chi connectivity index (χ0n) is 10.9. The van der Waals surface area contributed by atoms with E-state index in [1.54, 1.807) is 4.52 Å². The molecule has 1 aromatic carbocycles. The summed E-state index contributed by atoms with van der Waals surface area (Å²) < 4.78 is 7.97. The molecule has 3 heterocycles. The molecule has 0 aliphatic rings. The van der Waals surface area contributed by atoms with Gasteiger partial charge in [0.1, 0.15) is 0 Å². The summed E-state index contributed by atoms with van der Waals surface area (Å²) in [6.07, 6.45) is 0. The van der Waals surface area contributed by atoms with Crippen LogP contribution < -0.4 is 0 Å². The summed E-state index contributed by atoms with van der Waals surface area (Å²) in [6.45, 7) is 2.05. The van der Waals surface area contributed by atoms with Gasteiger partial charge in [-0.1, -0.05) is 35.1 Å². The van der Waals surface area contributed by atoms with E-state index in [4.69, 9.17) is 4.42 Å². The quantitative estimate of drug-likeness (QED) is 0.537. The number of aromatic nitrogens is 4. The third-order valence-corrected chi connectivity index (χ3v) is 4.39. The van der Waals surface area contributed by atoms with Crippen molar-refractivity contribution < 1.29 is 4.42 Å². The van der Waals surface area contributed by atoms with Gasteiger partial charge in [-0.15, -0.1) is 15.3 Å². The van der Waals surface area contributed by atoms with Gasteiger partial charge in [-0.2, -0.15) is 4.52 Å². The zero-order valence-corrected chi connectivity index (χ0v) is 13.3. The molecule has 0 saturated carbocycles. The Balaban J connectivity index is 1.86. The van der Waals surface area contributed by atoms with Crippen LogP contribution in [0.1, 0.15) is 5.56 Å². The number of hydrogen-bond donors (Lipinski definition) is 0. The minimum Gasteiger partial charge on any atom is -0.447 e. The van der Waals surface area contributed by atoms with E-state index < -0.39 is 0 Å². The first-order chi connectivity index (χ1) is 10.2. The van der Waals surface area contributed by atoms with Crippen molar-refractivity contribution in [2.45, 2.75) is 6.92 Å². The zero-order chi connectivity index (χ0) is 14.4. The lowest BCUT2D eigenvalue weighted by atomic mass is 10.1. The standard InChI is InChI=1S/C14H9BrN4OS/c1-8-3-2-4-9(7-8)12-16-17-14-19(12)18-13(21-14)10-5-6-11(15)20-10/h2-7H,1H3. The smallest absolute Gasteiger partial charge is 0.235 e. The van der Waals surface area contributed by atoms with Gasteiger partial charge >= 0.3 is 0 Å². The van der Waals surface area contributed by atoms with Crippen LogP contribution >= 0.6 is 27.3 Å². The van der Waals surface area contributed by atoms with Gasteiger partial charge < -0.3 is 4.42 Å². The van der Waals surface area contributed by atoms with Crippen LogP contribution in [0.4, 0.5) is 0 Å². The molecule has 4 aromatic rings. The molecule has 0 aliphatic carbocycles. The molecule has 7 heteroatoms. The number of nitrogens with zero attached hydrogens (tertiary/aromatic N) is 4. The van der Waals surface area contributed by atoms with Crippen molar-refractivity contribution in [1.82, 2.24) is 19.8 Å². The van der Waals surface area contributed by atoms with Crippen molar-refractivity contribution >= 4 is 32.2 Å². The van der Waals surface area contributed by atoms with Gasteiger partial charge in [-0.05, 0) is 41.1 Å². The number of fused-ring (bicyclic) bond motifs is 1. The van der Waals surface area contributed by atoms with E-state index in [0.29, 0.717) is 10.4 Å². The van der Waals surface area contributed by atoms with E-state index in [1.807, 2.05) is 24.3 Å². The average Bonchev–Trinajstić information content (AvgIpc) is 3.12. The van der Waals surface area contributed by atoms with Gasteiger partial charge in [-0.25, -0.2) is 0 Å². The molecule has 0 fully saturated rings. The SMILES string of the molecule is Cc1cccc(-c2nnc3sc(-c4ccc(Br)o4)nn23)c1. The Morgan fingerprint density at radius 2 is 2.10 bits per heavy atom. The molecule has 0 bridgehead atoms. The van der Waals surface area contributed by atoms with E-state index >= 15 is 0 Å². The van der Waals surface area contributed by atoms with Crippen LogP contribution in [-0.4, -0.2) is 19.8 Å². The maximum atomic E-state index is 5.54. The highest BCUT2D eigenvalue weighted by Crippen LogP contribution is 2.30. The number of halogens is 1. The summed E-state index contributed by atoms with van der Waals surface area (Å²) in [5, 5.41) is 13.8. The fourth-order valence-corrected chi connectivity index (χ4v) is 3.22. The average molecular weight is 361 g/mol. The van der Waals surface area contributed by atoms with Crippen LogP contribution in [0.2, 0.25) is 0 Å². The third-order valence-electron chi connectivity index (χ3n) is 3.05. The number of furan rings is 1. The van der Waals surface area contributed by atoms with E-state index in [9.17, 15) is 0 Å². The second-order valence-electron chi connectivity index (χ2n) is 4.60. The summed E-state index contributed by atoms with van der Waals surface area (Å²) in [4.78, 5) is 0.744. The van der Waals surface area contributed by atoms with Crippen LogP contribution in [0.5, 0.6) is 0 Å². The Bertz CT molecular complexity index is 939. The van der Waals surface area contributed by atoms with E-state index in [1.165, 1.54) is 16.9 Å². The van der Waals surface area contributed by atoms with Gasteiger partial charge in [0.25, 0.3) is 0 Å².